The van der Waals surface area contributed by atoms with Gasteiger partial charge in [-0.25, -0.2) is 0 Å². The number of quaternary nitrogens is 2. The number of aryl methyl sites for hydroxylation is 1. The van der Waals surface area contributed by atoms with Crippen molar-refractivity contribution in [3.8, 4) is 0 Å². The SMILES string of the molecule is Cc1ccc([C@@H](CC[NH2+]CCC[NH+](C)C)[C@@H]2CCOC(C)(C)C2)cc1. The highest BCUT2D eigenvalue weighted by atomic mass is 16.5. The molecule has 1 aliphatic heterocycles. The Bertz CT molecular complexity index is 495. The van der Waals surface area contributed by atoms with E-state index < -0.39 is 0 Å². The largest absolute Gasteiger partial charge is 0.376 e. The molecule has 3 nitrogen and oxygen atoms in total. The van der Waals surface area contributed by atoms with Gasteiger partial charge in [-0.1, -0.05) is 29.8 Å². The van der Waals surface area contributed by atoms with Gasteiger partial charge in [-0.05, 0) is 51.0 Å². The first-order valence-corrected chi connectivity index (χ1v) is 10.2. The van der Waals surface area contributed by atoms with Crippen molar-refractivity contribution in [1.82, 2.24) is 0 Å². The molecule has 0 spiro atoms. The molecule has 25 heavy (non-hydrogen) atoms. The van der Waals surface area contributed by atoms with E-state index >= 15 is 0 Å². The molecule has 0 amide bonds. The smallest absolute Gasteiger partial charge is 0.0821 e. The Morgan fingerprint density at radius 2 is 1.92 bits per heavy atom. The summed E-state index contributed by atoms with van der Waals surface area (Å²) in [4.78, 5) is 1.55. The van der Waals surface area contributed by atoms with Crippen LogP contribution in [0.5, 0.6) is 0 Å². The third-order valence-electron chi connectivity index (χ3n) is 5.58. The summed E-state index contributed by atoms with van der Waals surface area (Å²) in [5.74, 6) is 1.41. The van der Waals surface area contributed by atoms with Crippen molar-refractivity contribution in [3.05, 3.63) is 35.4 Å². The van der Waals surface area contributed by atoms with Crippen LogP contribution in [-0.2, 0) is 4.74 Å². The fraction of sp³-hybridized carbons (Fsp3) is 0.727. The third-order valence-corrected chi connectivity index (χ3v) is 5.58. The molecule has 1 heterocycles. The average Bonchev–Trinajstić information content (AvgIpc) is 2.54. The minimum atomic E-state index is 0.0318. The summed E-state index contributed by atoms with van der Waals surface area (Å²) in [6.45, 7) is 11.4. The summed E-state index contributed by atoms with van der Waals surface area (Å²) < 4.78 is 5.97. The average molecular weight is 349 g/mol. The van der Waals surface area contributed by atoms with E-state index in [1.165, 1.54) is 56.4 Å². The van der Waals surface area contributed by atoms with Crippen molar-refractivity contribution in [2.45, 2.75) is 58.0 Å². The van der Waals surface area contributed by atoms with Crippen LogP contribution in [0.4, 0.5) is 0 Å². The van der Waals surface area contributed by atoms with Gasteiger partial charge in [0.25, 0.3) is 0 Å². The fourth-order valence-electron chi connectivity index (χ4n) is 4.15. The van der Waals surface area contributed by atoms with Gasteiger partial charge in [-0.15, -0.1) is 0 Å². The molecular formula is C22H40N2O+2. The van der Waals surface area contributed by atoms with E-state index in [1.54, 1.807) is 4.90 Å². The lowest BCUT2D eigenvalue weighted by atomic mass is 9.75. The van der Waals surface area contributed by atoms with Crippen molar-refractivity contribution in [2.24, 2.45) is 5.92 Å². The van der Waals surface area contributed by atoms with E-state index in [4.69, 9.17) is 4.74 Å². The van der Waals surface area contributed by atoms with Gasteiger partial charge in [0.05, 0.1) is 39.3 Å². The Balaban J connectivity index is 1.94. The predicted molar refractivity (Wildman–Crippen MR) is 105 cm³/mol. The number of hydrogen-bond donors (Lipinski definition) is 2. The molecule has 0 aliphatic carbocycles. The molecule has 2 atom stereocenters. The van der Waals surface area contributed by atoms with Gasteiger partial charge >= 0.3 is 0 Å². The maximum atomic E-state index is 5.97. The van der Waals surface area contributed by atoms with Gasteiger partial charge in [0, 0.05) is 19.4 Å². The second kappa shape index (κ2) is 9.70. The maximum Gasteiger partial charge on any atom is 0.0821 e. The molecule has 1 aromatic rings. The molecule has 1 saturated heterocycles. The van der Waals surface area contributed by atoms with Crippen molar-refractivity contribution in [1.29, 1.82) is 0 Å². The van der Waals surface area contributed by atoms with Crippen LogP contribution in [0.15, 0.2) is 24.3 Å². The summed E-state index contributed by atoms with van der Waals surface area (Å²) in [6, 6.07) is 9.27. The summed E-state index contributed by atoms with van der Waals surface area (Å²) in [5.41, 5.74) is 2.91. The highest BCUT2D eigenvalue weighted by Crippen LogP contribution is 2.39. The first-order valence-electron chi connectivity index (χ1n) is 10.2. The lowest BCUT2D eigenvalue weighted by Crippen LogP contribution is -3.06. The van der Waals surface area contributed by atoms with Crippen LogP contribution in [0.1, 0.15) is 56.6 Å². The lowest BCUT2D eigenvalue weighted by molar-refractivity contribution is -0.860. The standard InChI is InChI=1S/C22H38N2O/c1-18-7-9-19(10-8-18)21(11-14-23-13-6-15-24(4)5)20-12-16-25-22(2,3)17-20/h7-10,20-21,23H,6,11-17H2,1-5H3/p+2/t20-,21-/m1/s1. The summed E-state index contributed by atoms with van der Waals surface area (Å²) >= 11 is 0. The zero-order chi connectivity index (χ0) is 18.3. The third kappa shape index (κ3) is 7.08. The minimum absolute atomic E-state index is 0.0318. The number of nitrogens with one attached hydrogen (secondary N) is 1. The molecule has 2 rings (SSSR count). The van der Waals surface area contributed by atoms with Gasteiger partial charge in [-0.2, -0.15) is 0 Å². The fourth-order valence-corrected chi connectivity index (χ4v) is 4.15. The Morgan fingerprint density at radius 1 is 1.20 bits per heavy atom. The molecule has 1 aromatic carbocycles. The molecule has 0 aromatic heterocycles. The first kappa shape index (κ1) is 20.4. The molecule has 0 radical (unpaired) electrons. The summed E-state index contributed by atoms with van der Waals surface area (Å²) in [7, 11) is 4.47. The highest BCUT2D eigenvalue weighted by molar-refractivity contribution is 5.25. The predicted octanol–water partition coefficient (Wildman–Crippen LogP) is 1.77. The van der Waals surface area contributed by atoms with Gasteiger partial charge < -0.3 is 15.0 Å². The van der Waals surface area contributed by atoms with Crippen molar-refractivity contribution < 1.29 is 15.0 Å². The number of ether oxygens (including phenoxy) is 1. The van der Waals surface area contributed by atoms with E-state index in [-0.39, 0.29) is 5.60 Å². The Hall–Kier alpha value is -0.900. The Labute approximate surface area is 155 Å². The second-order valence-corrected chi connectivity index (χ2v) is 8.84. The quantitative estimate of drug-likeness (QED) is 0.655. The monoisotopic (exact) mass is 348 g/mol. The van der Waals surface area contributed by atoms with Crippen molar-refractivity contribution in [3.63, 3.8) is 0 Å². The Kier molecular flexibility index (Phi) is 7.92. The van der Waals surface area contributed by atoms with Crippen LogP contribution in [0.2, 0.25) is 0 Å². The highest BCUT2D eigenvalue weighted by Gasteiger charge is 2.34. The van der Waals surface area contributed by atoms with E-state index in [0.29, 0.717) is 5.92 Å². The number of benzene rings is 1. The Morgan fingerprint density at radius 3 is 2.56 bits per heavy atom. The summed E-state index contributed by atoms with van der Waals surface area (Å²) in [6.07, 6.45) is 4.96. The van der Waals surface area contributed by atoms with Gasteiger partial charge in [0.15, 0.2) is 0 Å². The zero-order valence-corrected chi connectivity index (χ0v) is 17.1. The second-order valence-electron chi connectivity index (χ2n) is 8.84. The first-order chi connectivity index (χ1) is 11.9. The van der Waals surface area contributed by atoms with Gasteiger partial charge in [-0.3, -0.25) is 0 Å². The molecule has 0 saturated carbocycles. The van der Waals surface area contributed by atoms with Crippen LogP contribution in [-0.4, -0.2) is 45.9 Å². The molecular weight excluding hydrogens is 308 g/mol. The van der Waals surface area contributed by atoms with Gasteiger partial charge in [0.1, 0.15) is 0 Å². The molecule has 3 N–H and O–H groups in total. The van der Waals surface area contributed by atoms with Crippen LogP contribution in [0.25, 0.3) is 0 Å². The van der Waals surface area contributed by atoms with Crippen LogP contribution >= 0.6 is 0 Å². The molecule has 3 heteroatoms. The number of hydrogen-bond acceptors (Lipinski definition) is 1. The molecule has 0 unspecified atom stereocenters. The molecule has 0 bridgehead atoms. The topological polar surface area (TPSA) is 30.3 Å². The van der Waals surface area contributed by atoms with E-state index in [1.807, 2.05) is 0 Å². The van der Waals surface area contributed by atoms with Crippen LogP contribution < -0.4 is 10.2 Å². The maximum absolute atomic E-state index is 5.97. The van der Waals surface area contributed by atoms with E-state index in [2.05, 4.69) is 64.4 Å². The van der Waals surface area contributed by atoms with Crippen molar-refractivity contribution in [2.75, 3.05) is 40.3 Å². The normalized spacial score (nSPS) is 21.4. The van der Waals surface area contributed by atoms with Crippen molar-refractivity contribution >= 4 is 0 Å². The van der Waals surface area contributed by atoms with E-state index in [9.17, 15) is 0 Å². The molecule has 1 aliphatic rings. The lowest BCUT2D eigenvalue weighted by Gasteiger charge is -2.39. The van der Waals surface area contributed by atoms with Crippen LogP contribution in [0, 0.1) is 12.8 Å². The summed E-state index contributed by atoms with van der Waals surface area (Å²) in [5, 5.41) is 2.52. The zero-order valence-electron chi connectivity index (χ0n) is 17.1. The van der Waals surface area contributed by atoms with Gasteiger partial charge in [0.2, 0.25) is 0 Å². The van der Waals surface area contributed by atoms with E-state index in [0.717, 1.165) is 12.5 Å². The molecule has 1 fully saturated rings. The number of rotatable bonds is 9. The molecule has 142 valence electrons. The van der Waals surface area contributed by atoms with Crippen LogP contribution in [0.3, 0.4) is 0 Å². The minimum Gasteiger partial charge on any atom is -0.376 e. The number of nitrogens with two attached hydrogens (primary N) is 1.